The van der Waals surface area contributed by atoms with Crippen molar-refractivity contribution >= 4 is 64.6 Å². The van der Waals surface area contributed by atoms with Crippen molar-refractivity contribution in [1.29, 1.82) is 0 Å². The third kappa shape index (κ3) is 5.08. The highest BCUT2D eigenvalue weighted by atomic mass is 14.5. The first-order valence-corrected chi connectivity index (χ1v) is 26.7. The molecule has 0 heterocycles. The molecule has 3 aliphatic carbocycles. The lowest BCUT2D eigenvalue weighted by Gasteiger charge is -2.31. The van der Waals surface area contributed by atoms with Gasteiger partial charge in [-0.1, -0.05) is 194 Å². The maximum atomic E-state index is 2.66. The number of aryl methyl sites for hydroxylation is 4. The van der Waals surface area contributed by atoms with E-state index in [1.807, 2.05) is 0 Å². The summed E-state index contributed by atoms with van der Waals surface area (Å²) in [5, 5.41) is 16.0. The van der Waals surface area contributed by atoms with Crippen LogP contribution in [-0.4, -0.2) is 0 Å². The summed E-state index contributed by atoms with van der Waals surface area (Å²) in [6.07, 6.45) is 0. The molecule has 0 heteroatoms. The van der Waals surface area contributed by atoms with E-state index in [1.54, 1.807) is 0 Å². The maximum Gasteiger partial charge on any atom is 0.0726 e. The zero-order valence-electron chi connectivity index (χ0n) is 42.3. The van der Waals surface area contributed by atoms with Gasteiger partial charge in [-0.3, -0.25) is 0 Å². The minimum Gasteiger partial charge on any atom is -0.0622 e. The Morgan fingerprint density at radius 3 is 1.31 bits per heavy atom. The van der Waals surface area contributed by atoms with Gasteiger partial charge in [0.2, 0.25) is 0 Å². The lowest BCUT2D eigenvalue weighted by molar-refractivity contribution is 0.795. The standard InChI is InChI=1S/C75H48/c1-41-19-17-20-42(2)66(41)47-33-34-53-64(37-47)75(62-31-15-13-25-48(62)49-26-14-16-32-63(49)75)65-40-61-56-36-44(4)68-58-39-60-59(38-57(58)67-43(3)35-55(73(56)74(67)68)52-29-18-30-54(71(52)61)72(53)65)69(45-21-7-5-8-22-45)50-27-11-12-28-51(50)70(60)46-23-9-6-10-24-46/h5-40H,1-4H3. The molecular weight excluding hydrogens is 901 g/mol. The summed E-state index contributed by atoms with van der Waals surface area (Å²) < 4.78 is 0. The van der Waals surface area contributed by atoms with Crippen LogP contribution in [0.5, 0.6) is 0 Å². The van der Waals surface area contributed by atoms with Gasteiger partial charge in [0.15, 0.2) is 0 Å². The third-order valence-electron chi connectivity index (χ3n) is 18.2. The summed E-state index contributed by atoms with van der Waals surface area (Å²) >= 11 is 0. The molecule has 0 N–H and O–H groups in total. The summed E-state index contributed by atoms with van der Waals surface area (Å²) in [5.74, 6) is 0. The maximum absolute atomic E-state index is 2.66. The van der Waals surface area contributed by atoms with Gasteiger partial charge >= 0.3 is 0 Å². The summed E-state index contributed by atoms with van der Waals surface area (Å²) in [5.41, 5.74) is 28.7. The van der Waals surface area contributed by atoms with Crippen molar-refractivity contribution in [3.8, 4) is 77.9 Å². The monoisotopic (exact) mass is 948 g/mol. The van der Waals surface area contributed by atoms with Crippen LogP contribution in [0.25, 0.3) is 143 Å². The van der Waals surface area contributed by atoms with Crippen LogP contribution in [-0.2, 0) is 5.41 Å². The third-order valence-corrected chi connectivity index (χ3v) is 18.2. The SMILES string of the molecule is Cc1cccc(C)c1-c1ccc2c(c1)C1(c3ccccc3-c3ccccc31)c1cc3c4cc(C)c5c6c(c(C)cc(c7cccc(c1-2)c73)c64)-c1cc2c(-c3ccccc3)c3ccccc3c(-c3ccccc3)c2cc1-5. The van der Waals surface area contributed by atoms with E-state index in [0.29, 0.717) is 0 Å². The molecule has 0 atom stereocenters. The largest absolute Gasteiger partial charge is 0.0726 e. The van der Waals surface area contributed by atoms with E-state index in [4.69, 9.17) is 0 Å². The Labute approximate surface area is 436 Å². The molecule has 348 valence electrons. The molecule has 0 aliphatic heterocycles. The van der Waals surface area contributed by atoms with Crippen LogP contribution in [0.2, 0.25) is 0 Å². The fourth-order valence-electron chi connectivity index (χ4n) is 15.5. The number of benzene rings is 14. The fraction of sp³-hybridized carbons (Fsp3) is 0.0667. The van der Waals surface area contributed by atoms with Gasteiger partial charge in [0.1, 0.15) is 0 Å². The second kappa shape index (κ2) is 14.6. The van der Waals surface area contributed by atoms with Crippen LogP contribution in [0, 0.1) is 27.7 Å². The average Bonchev–Trinajstić information content (AvgIpc) is 4.19. The van der Waals surface area contributed by atoms with Gasteiger partial charge in [0.25, 0.3) is 0 Å². The zero-order chi connectivity index (χ0) is 49.6. The van der Waals surface area contributed by atoms with Crippen molar-refractivity contribution in [3.63, 3.8) is 0 Å². The van der Waals surface area contributed by atoms with Crippen LogP contribution in [0.15, 0.2) is 218 Å². The molecular formula is C75H48. The van der Waals surface area contributed by atoms with E-state index < -0.39 is 5.41 Å². The molecule has 0 fully saturated rings. The van der Waals surface area contributed by atoms with E-state index in [1.165, 1.54) is 187 Å². The predicted octanol–water partition coefficient (Wildman–Crippen LogP) is 20.3. The number of hydrogen-bond donors (Lipinski definition) is 0. The van der Waals surface area contributed by atoms with Gasteiger partial charge in [-0.25, -0.2) is 0 Å². The topological polar surface area (TPSA) is 0 Å². The molecule has 0 saturated carbocycles. The second-order valence-electron chi connectivity index (χ2n) is 21.9. The van der Waals surface area contributed by atoms with Gasteiger partial charge in [0.05, 0.1) is 5.41 Å². The van der Waals surface area contributed by atoms with Crippen molar-refractivity contribution in [2.45, 2.75) is 33.1 Å². The normalized spacial score (nSPS) is 13.4. The molecule has 14 aromatic carbocycles. The Bertz CT molecular complexity index is 4720. The van der Waals surface area contributed by atoms with Crippen LogP contribution in [0.3, 0.4) is 0 Å². The second-order valence-corrected chi connectivity index (χ2v) is 21.9. The van der Waals surface area contributed by atoms with Crippen LogP contribution >= 0.6 is 0 Å². The first-order valence-electron chi connectivity index (χ1n) is 26.7. The van der Waals surface area contributed by atoms with Crippen molar-refractivity contribution in [2.75, 3.05) is 0 Å². The molecule has 17 rings (SSSR count). The van der Waals surface area contributed by atoms with E-state index >= 15 is 0 Å². The van der Waals surface area contributed by atoms with E-state index in [-0.39, 0.29) is 0 Å². The zero-order valence-corrected chi connectivity index (χ0v) is 42.3. The summed E-state index contributed by atoms with van der Waals surface area (Å²) in [7, 11) is 0. The Kier molecular flexibility index (Phi) is 8.03. The molecule has 1 spiro atoms. The van der Waals surface area contributed by atoms with E-state index in [0.717, 1.165) is 0 Å². The Morgan fingerprint density at radius 1 is 0.213 bits per heavy atom. The minimum atomic E-state index is -0.515. The molecule has 0 unspecified atom stereocenters. The van der Waals surface area contributed by atoms with E-state index in [9.17, 15) is 0 Å². The molecule has 3 aliphatic rings. The number of fused-ring (bicyclic) bond motifs is 18. The molecule has 0 bridgehead atoms. The van der Waals surface area contributed by atoms with E-state index in [2.05, 4.69) is 246 Å². The first kappa shape index (κ1) is 41.4. The predicted molar refractivity (Wildman–Crippen MR) is 319 cm³/mol. The molecule has 0 amide bonds. The number of rotatable bonds is 3. The molecule has 0 saturated heterocycles. The van der Waals surface area contributed by atoms with Crippen molar-refractivity contribution in [3.05, 3.63) is 263 Å². The average molecular weight is 949 g/mol. The first-order chi connectivity index (χ1) is 36.9. The molecule has 0 radical (unpaired) electrons. The fourth-order valence-corrected chi connectivity index (χ4v) is 15.5. The van der Waals surface area contributed by atoms with Gasteiger partial charge in [-0.2, -0.15) is 0 Å². The van der Waals surface area contributed by atoms with Gasteiger partial charge in [-0.05, 0) is 239 Å². The summed E-state index contributed by atoms with van der Waals surface area (Å²) in [4.78, 5) is 0. The van der Waals surface area contributed by atoms with Gasteiger partial charge < -0.3 is 0 Å². The lowest BCUT2D eigenvalue weighted by Crippen LogP contribution is -2.26. The van der Waals surface area contributed by atoms with Crippen LogP contribution in [0.4, 0.5) is 0 Å². The van der Waals surface area contributed by atoms with Crippen LogP contribution < -0.4 is 0 Å². The number of hydrogen-bond acceptors (Lipinski definition) is 0. The van der Waals surface area contributed by atoms with Crippen LogP contribution in [0.1, 0.15) is 44.5 Å². The summed E-state index contributed by atoms with van der Waals surface area (Å²) in [6.45, 7) is 9.27. The van der Waals surface area contributed by atoms with Crippen molar-refractivity contribution in [1.82, 2.24) is 0 Å². The molecule has 75 heavy (non-hydrogen) atoms. The Balaban J connectivity index is 1.01. The van der Waals surface area contributed by atoms with Gasteiger partial charge in [-0.15, -0.1) is 0 Å². The smallest absolute Gasteiger partial charge is 0.0622 e. The molecule has 0 aromatic heterocycles. The Morgan fingerprint density at radius 2 is 0.707 bits per heavy atom. The lowest BCUT2D eigenvalue weighted by atomic mass is 9.69. The van der Waals surface area contributed by atoms with Gasteiger partial charge in [0, 0.05) is 0 Å². The highest BCUT2D eigenvalue weighted by Gasteiger charge is 2.52. The highest BCUT2D eigenvalue weighted by Crippen LogP contribution is 2.66. The molecule has 14 aromatic rings. The quantitative estimate of drug-likeness (QED) is 0.122. The Hall–Kier alpha value is -9.10. The van der Waals surface area contributed by atoms with Crippen molar-refractivity contribution in [2.24, 2.45) is 0 Å². The minimum absolute atomic E-state index is 0.515. The highest BCUT2D eigenvalue weighted by molar-refractivity contribution is 6.40. The van der Waals surface area contributed by atoms with Crippen molar-refractivity contribution < 1.29 is 0 Å². The summed E-state index contributed by atoms with van der Waals surface area (Å²) in [6, 6.07) is 84.0. The molecule has 0 nitrogen and oxygen atoms in total.